The van der Waals surface area contributed by atoms with E-state index < -0.39 is 0 Å². The Balaban J connectivity index is 3.69. The average Bonchev–Trinajstić information content (AvgIpc) is 2.26. The highest BCUT2D eigenvalue weighted by atomic mass is 32.2. The maximum Gasteiger partial charge on any atom is 0.234 e. The van der Waals surface area contributed by atoms with Gasteiger partial charge in [-0.25, -0.2) is 0 Å². The van der Waals surface area contributed by atoms with Gasteiger partial charge < -0.3 is 10.6 Å². The molecule has 0 aliphatic rings. The van der Waals surface area contributed by atoms with E-state index in [1.807, 2.05) is 25.6 Å². The van der Waals surface area contributed by atoms with Crippen LogP contribution < -0.4 is 10.6 Å². The molecule has 4 heteroatoms. The fraction of sp³-hybridized carbons (Fsp3) is 0.923. The normalized spacial score (nSPS) is 13.5. The third-order valence-corrected chi connectivity index (χ3v) is 3.80. The molecule has 17 heavy (non-hydrogen) atoms. The van der Waals surface area contributed by atoms with Gasteiger partial charge >= 0.3 is 0 Å². The molecule has 0 rings (SSSR count). The SMILES string of the molecule is CCSCCC(C)NCC(=O)NC(C)(C)CC. The molecular weight excluding hydrogens is 232 g/mol. The second-order valence-electron chi connectivity index (χ2n) is 5.05. The molecule has 1 amide bonds. The number of nitrogens with one attached hydrogen (secondary N) is 2. The van der Waals surface area contributed by atoms with E-state index in [1.165, 1.54) is 0 Å². The van der Waals surface area contributed by atoms with Gasteiger partial charge in [-0.05, 0) is 45.1 Å². The van der Waals surface area contributed by atoms with Crippen molar-refractivity contribution >= 4 is 17.7 Å². The van der Waals surface area contributed by atoms with Gasteiger partial charge in [-0.2, -0.15) is 11.8 Å². The minimum atomic E-state index is -0.0972. The van der Waals surface area contributed by atoms with Crippen molar-refractivity contribution in [1.82, 2.24) is 10.6 Å². The zero-order valence-corrected chi connectivity index (χ0v) is 12.7. The van der Waals surface area contributed by atoms with Gasteiger partial charge in [0.25, 0.3) is 0 Å². The van der Waals surface area contributed by atoms with Crippen molar-refractivity contribution in [3.8, 4) is 0 Å². The highest BCUT2D eigenvalue weighted by Crippen LogP contribution is 2.06. The molecular formula is C13H28N2OS. The summed E-state index contributed by atoms with van der Waals surface area (Å²) in [5.41, 5.74) is -0.0972. The number of hydrogen-bond donors (Lipinski definition) is 2. The molecule has 0 saturated carbocycles. The number of carbonyl (C=O) groups is 1. The van der Waals surface area contributed by atoms with Crippen LogP contribution in [0.5, 0.6) is 0 Å². The van der Waals surface area contributed by atoms with E-state index in [2.05, 4.69) is 31.4 Å². The number of rotatable bonds is 9. The summed E-state index contributed by atoms with van der Waals surface area (Å²) in [7, 11) is 0. The smallest absolute Gasteiger partial charge is 0.234 e. The van der Waals surface area contributed by atoms with Gasteiger partial charge in [0, 0.05) is 11.6 Å². The van der Waals surface area contributed by atoms with Gasteiger partial charge in [0.15, 0.2) is 0 Å². The van der Waals surface area contributed by atoms with E-state index >= 15 is 0 Å². The van der Waals surface area contributed by atoms with Crippen LogP contribution in [0.2, 0.25) is 0 Å². The van der Waals surface area contributed by atoms with Crippen LogP contribution in [0.15, 0.2) is 0 Å². The minimum Gasteiger partial charge on any atom is -0.350 e. The Morgan fingerprint density at radius 1 is 1.35 bits per heavy atom. The van der Waals surface area contributed by atoms with Gasteiger partial charge in [0.1, 0.15) is 0 Å². The number of thioether (sulfide) groups is 1. The van der Waals surface area contributed by atoms with Gasteiger partial charge in [0.2, 0.25) is 5.91 Å². The zero-order valence-electron chi connectivity index (χ0n) is 11.9. The van der Waals surface area contributed by atoms with Crippen molar-refractivity contribution in [2.24, 2.45) is 0 Å². The van der Waals surface area contributed by atoms with Gasteiger partial charge in [-0.1, -0.05) is 13.8 Å². The fourth-order valence-corrected chi connectivity index (χ4v) is 2.09. The molecule has 0 aromatic rings. The summed E-state index contributed by atoms with van der Waals surface area (Å²) < 4.78 is 0. The Morgan fingerprint density at radius 3 is 2.53 bits per heavy atom. The van der Waals surface area contributed by atoms with Crippen LogP contribution in [0.25, 0.3) is 0 Å². The number of hydrogen-bond acceptors (Lipinski definition) is 3. The number of amides is 1. The predicted octanol–water partition coefficient (Wildman–Crippen LogP) is 2.41. The monoisotopic (exact) mass is 260 g/mol. The lowest BCUT2D eigenvalue weighted by Gasteiger charge is -2.25. The van der Waals surface area contributed by atoms with Crippen LogP contribution in [0.1, 0.15) is 47.5 Å². The molecule has 0 spiro atoms. The van der Waals surface area contributed by atoms with Crippen LogP contribution >= 0.6 is 11.8 Å². The van der Waals surface area contributed by atoms with Crippen LogP contribution in [-0.2, 0) is 4.79 Å². The van der Waals surface area contributed by atoms with Crippen molar-refractivity contribution in [2.75, 3.05) is 18.1 Å². The molecule has 0 saturated heterocycles. The molecule has 1 unspecified atom stereocenters. The molecule has 2 N–H and O–H groups in total. The van der Waals surface area contributed by atoms with Crippen LogP contribution in [0, 0.1) is 0 Å². The summed E-state index contributed by atoms with van der Waals surface area (Å²) >= 11 is 1.94. The molecule has 0 aliphatic carbocycles. The molecule has 102 valence electrons. The zero-order chi connectivity index (χ0) is 13.3. The van der Waals surface area contributed by atoms with Crippen molar-refractivity contribution in [1.29, 1.82) is 0 Å². The van der Waals surface area contributed by atoms with E-state index in [4.69, 9.17) is 0 Å². The maximum absolute atomic E-state index is 11.7. The first kappa shape index (κ1) is 16.8. The molecule has 1 atom stereocenters. The predicted molar refractivity (Wildman–Crippen MR) is 77.6 cm³/mol. The standard InChI is InChI=1S/C13H28N2OS/c1-6-13(4,5)15-12(16)10-14-11(3)8-9-17-7-2/h11,14H,6-10H2,1-5H3,(H,15,16). The van der Waals surface area contributed by atoms with E-state index in [-0.39, 0.29) is 11.4 Å². The molecule has 0 fully saturated rings. The highest BCUT2D eigenvalue weighted by Gasteiger charge is 2.17. The third kappa shape index (κ3) is 9.48. The minimum absolute atomic E-state index is 0.0897. The second kappa shape index (κ2) is 8.81. The maximum atomic E-state index is 11.7. The van der Waals surface area contributed by atoms with Crippen LogP contribution in [0.4, 0.5) is 0 Å². The molecule has 0 bridgehead atoms. The van der Waals surface area contributed by atoms with Crippen molar-refractivity contribution < 1.29 is 4.79 Å². The molecule has 0 radical (unpaired) electrons. The molecule has 0 aliphatic heterocycles. The van der Waals surface area contributed by atoms with Crippen molar-refractivity contribution in [2.45, 2.75) is 59.0 Å². The Hall–Kier alpha value is -0.220. The van der Waals surface area contributed by atoms with Gasteiger partial charge in [-0.3, -0.25) is 4.79 Å². The summed E-state index contributed by atoms with van der Waals surface area (Å²) in [5.74, 6) is 2.41. The third-order valence-electron chi connectivity index (χ3n) is 2.87. The Labute approximate surface area is 111 Å². The van der Waals surface area contributed by atoms with Crippen LogP contribution in [0.3, 0.4) is 0 Å². The topological polar surface area (TPSA) is 41.1 Å². The molecule has 0 aromatic heterocycles. The van der Waals surface area contributed by atoms with Crippen molar-refractivity contribution in [3.05, 3.63) is 0 Å². The first-order valence-electron chi connectivity index (χ1n) is 6.53. The summed E-state index contributed by atoms with van der Waals surface area (Å²) in [6.07, 6.45) is 2.06. The molecule has 0 heterocycles. The largest absolute Gasteiger partial charge is 0.350 e. The Kier molecular flexibility index (Phi) is 8.70. The summed E-state index contributed by atoms with van der Waals surface area (Å²) in [5, 5.41) is 6.28. The lowest BCUT2D eigenvalue weighted by molar-refractivity contribution is -0.121. The lowest BCUT2D eigenvalue weighted by Crippen LogP contribution is -2.47. The Bertz CT molecular complexity index is 219. The summed E-state index contributed by atoms with van der Waals surface area (Å²) in [6.45, 7) is 10.9. The van der Waals surface area contributed by atoms with E-state index in [1.54, 1.807) is 0 Å². The van der Waals surface area contributed by atoms with E-state index in [0.717, 1.165) is 24.3 Å². The van der Waals surface area contributed by atoms with Crippen molar-refractivity contribution in [3.63, 3.8) is 0 Å². The quantitative estimate of drug-likeness (QED) is 0.626. The summed E-state index contributed by atoms with van der Waals surface area (Å²) in [6, 6.07) is 0.407. The van der Waals surface area contributed by atoms with Gasteiger partial charge in [0.05, 0.1) is 6.54 Å². The van der Waals surface area contributed by atoms with Gasteiger partial charge in [-0.15, -0.1) is 0 Å². The summed E-state index contributed by atoms with van der Waals surface area (Å²) in [4.78, 5) is 11.7. The second-order valence-corrected chi connectivity index (χ2v) is 6.45. The van der Waals surface area contributed by atoms with E-state index in [0.29, 0.717) is 12.6 Å². The first-order valence-corrected chi connectivity index (χ1v) is 7.69. The number of carbonyl (C=O) groups excluding carboxylic acids is 1. The highest BCUT2D eigenvalue weighted by molar-refractivity contribution is 7.99. The molecule has 3 nitrogen and oxygen atoms in total. The lowest BCUT2D eigenvalue weighted by atomic mass is 10.0. The Morgan fingerprint density at radius 2 is 2.00 bits per heavy atom. The first-order chi connectivity index (χ1) is 7.91. The van der Waals surface area contributed by atoms with E-state index in [9.17, 15) is 4.79 Å². The van der Waals surface area contributed by atoms with Crippen LogP contribution in [-0.4, -0.2) is 35.5 Å². The molecule has 0 aromatic carbocycles. The fourth-order valence-electron chi connectivity index (χ4n) is 1.28. The average molecular weight is 260 g/mol.